The van der Waals surface area contributed by atoms with Crippen molar-refractivity contribution in [1.29, 1.82) is 0 Å². The number of nitrogens with zero attached hydrogens (tertiary/aromatic N) is 5. The number of anilines is 1. The first-order chi connectivity index (χ1) is 16.8. The summed E-state index contributed by atoms with van der Waals surface area (Å²) in [6.07, 6.45) is 7.97. The lowest BCUT2D eigenvalue weighted by atomic mass is 9.89. The van der Waals surface area contributed by atoms with Crippen molar-refractivity contribution in [2.24, 2.45) is 5.92 Å². The number of ether oxygens (including phenoxy) is 1. The normalized spacial score (nSPS) is 15.7. The number of hydrogen-bond donors (Lipinski definition) is 2. The molecule has 35 heavy (non-hydrogen) atoms. The molecule has 0 aromatic carbocycles. The zero-order chi connectivity index (χ0) is 24.6. The number of nitrogens with one attached hydrogen (secondary N) is 2. The molecule has 2 N–H and O–H groups in total. The number of carbonyl (C=O) groups excluding carboxylic acids is 1. The quantitative estimate of drug-likeness (QED) is 0.416. The summed E-state index contributed by atoms with van der Waals surface area (Å²) in [5, 5.41) is 15.9. The molecule has 0 bridgehead atoms. The van der Waals surface area contributed by atoms with Crippen LogP contribution in [0.1, 0.15) is 47.0 Å². The molecule has 9 nitrogen and oxygen atoms in total. The van der Waals surface area contributed by atoms with E-state index >= 15 is 0 Å². The van der Waals surface area contributed by atoms with Gasteiger partial charge < -0.3 is 15.0 Å². The van der Waals surface area contributed by atoms with Crippen molar-refractivity contribution >= 4 is 28.3 Å². The van der Waals surface area contributed by atoms with Crippen LogP contribution in [0.15, 0.2) is 36.8 Å². The fourth-order valence-electron chi connectivity index (χ4n) is 4.85. The number of aromatic nitrogens is 5. The second-order valence-corrected chi connectivity index (χ2v) is 10.0. The predicted molar refractivity (Wildman–Crippen MR) is 137 cm³/mol. The van der Waals surface area contributed by atoms with E-state index in [2.05, 4.69) is 58.4 Å². The van der Waals surface area contributed by atoms with E-state index in [4.69, 9.17) is 9.72 Å². The minimum atomic E-state index is -0.161. The van der Waals surface area contributed by atoms with Gasteiger partial charge >= 0.3 is 0 Å². The molecule has 0 atom stereocenters. The lowest BCUT2D eigenvalue weighted by Crippen LogP contribution is -2.53. The van der Waals surface area contributed by atoms with E-state index in [1.54, 1.807) is 6.20 Å². The van der Waals surface area contributed by atoms with Crippen LogP contribution in [-0.2, 0) is 4.79 Å². The fraction of sp³-hybridized carbons (Fsp3) is 0.462. The second kappa shape index (κ2) is 9.20. The molecule has 0 unspecified atom stereocenters. The van der Waals surface area contributed by atoms with Gasteiger partial charge in [0.15, 0.2) is 5.65 Å². The Morgan fingerprint density at radius 1 is 1.26 bits per heavy atom. The van der Waals surface area contributed by atoms with Crippen LogP contribution in [-0.4, -0.2) is 55.9 Å². The van der Waals surface area contributed by atoms with Crippen LogP contribution in [0, 0.1) is 5.92 Å². The maximum atomic E-state index is 12.3. The van der Waals surface area contributed by atoms with Crippen LogP contribution in [0.5, 0.6) is 5.75 Å². The maximum Gasteiger partial charge on any atom is 0.220 e. The van der Waals surface area contributed by atoms with Crippen molar-refractivity contribution in [1.82, 2.24) is 30.1 Å². The van der Waals surface area contributed by atoms with Gasteiger partial charge in [-0.3, -0.25) is 9.89 Å². The molecular formula is C26H33N7O2. The van der Waals surface area contributed by atoms with Crippen molar-refractivity contribution in [3.8, 4) is 16.9 Å². The average Bonchev–Trinajstić information content (AvgIpc) is 3.40. The molecule has 184 valence electrons. The van der Waals surface area contributed by atoms with Crippen LogP contribution >= 0.6 is 0 Å². The van der Waals surface area contributed by atoms with Crippen molar-refractivity contribution in [3.05, 3.63) is 36.8 Å². The minimum absolute atomic E-state index is 0.144. The van der Waals surface area contributed by atoms with Gasteiger partial charge in [-0.25, -0.2) is 9.50 Å². The number of hydrogen-bond acceptors (Lipinski definition) is 6. The lowest BCUT2D eigenvalue weighted by Gasteiger charge is -2.40. The van der Waals surface area contributed by atoms with Gasteiger partial charge in [0.2, 0.25) is 5.91 Å². The number of carbonyl (C=O) groups is 1. The number of amides is 1. The van der Waals surface area contributed by atoms with Crippen LogP contribution in [0.2, 0.25) is 0 Å². The first-order valence-corrected chi connectivity index (χ1v) is 12.4. The zero-order valence-electron chi connectivity index (χ0n) is 20.8. The summed E-state index contributed by atoms with van der Waals surface area (Å²) in [5.41, 5.74) is 3.54. The fourth-order valence-corrected chi connectivity index (χ4v) is 4.85. The highest BCUT2D eigenvalue weighted by molar-refractivity contribution is 6.00. The maximum absolute atomic E-state index is 12.3. The van der Waals surface area contributed by atoms with Crippen molar-refractivity contribution < 1.29 is 9.53 Å². The average molecular weight is 476 g/mol. The van der Waals surface area contributed by atoms with Gasteiger partial charge in [-0.1, -0.05) is 13.8 Å². The molecule has 0 radical (unpaired) electrons. The summed E-state index contributed by atoms with van der Waals surface area (Å²) in [5.74, 6) is 2.21. The second-order valence-electron chi connectivity index (χ2n) is 10.0. The SMILES string of the molecule is CCOc1cc(-c2ccc(N3CCC(C)(NC(=O)CC(C)C)CC3)nc2)c2c3cn[nH]c3nn2c1. The summed E-state index contributed by atoms with van der Waals surface area (Å²) in [6.45, 7) is 10.6. The summed E-state index contributed by atoms with van der Waals surface area (Å²) in [4.78, 5) is 19.4. The molecule has 4 aromatic rings. The van der Waals surface area contributed by atoms with Gasteiger partial charge in [0.05, 0.1) is 29.9 Å². The smallest absolute Gasteiger partial charge is 0.220 e. The van der Waals surface area contributed by atoms with Crippen molar-refractivity contribution in [2.75, 3.05) is 24.6 Å². The third-order valence-corrected chi connectivity index (χ3v) is 6.70. The van der Waals surface area contributed by atoms with E-state index in [9.17, 15) is 4.79 Å². The van der Waals surface area contributed by atoms with Crippen molar-refractivity contribution in [2.45, 2.75) is 52.5 Å². The van der Waals surface area contributed by atoms with Crippen LogP contribution in [0.4, 0.5) is 5.82 Å². The molecule has 0 saturated carbocycles. The first-order valence-electron chi connectivity index (χ1n) is 12.4. The highest BCUT2D eigenvalue weighted by atomic mass is 16.5. The highest BCUT2D eigenvalue weighted by Crippen LogP contribution is 2.34. The molecule has 9 heteroatoms. The highest BCUT2D eigenvalue weighted by Gasteiger charge is 2.32. The minimum Gasteiger partial charge on any atom is -0.492 e. The first kappa shape index (κ1) is 23.1. The van der Waals surface area contributed by atoms with Gasteiger partial charge in [0, 0.05) is 42.4 Å². The number of rotatable bonds is 7. The summed E-state index contributed by atoms with van der Waals surface area (Å²) >= 11 is 0. The molecule has 4 aromatic heterocycles. The lowest BCUT2D eigenvalue weighted by molar-refractivity contribution is -0.123. The van der Waals surface area contributed by atoms with Crippen LogP contribution < -0.4 is 15.0 Å². The van der Waals surface area contributed by atoms with Gasteiger partial charge in [0.25, 0.3) is 0 Å². The Balaban J connectivity index is 1.36. The van der Waals surface area contributed by atoms with E-state index in [1.165, 1.54) is 0 Å². The molecule has 1 amide bonds. The molecule has 1 aliphatic heterocycles. The Bertz CT molecular complexity index is 1330. The molecule has 1 fully saturated rings. The summed E-state index contributed by atoms with van der Waals surface area (Å²) in [7, 11) is 0. The Hall–Kier alpha value is -3.62. The zero-order valence-corrected chi connectivity index (χ0v) is 20.8. The Morgan fingerprint density at radius 3 is 2.74 bits per heavy atom. The van der Waals surface area contributed by atoms with Crippen LogP contribution in [0.3, 0.4) is 0 Å². The third-order valence-electron chi connectivity index (χ3n) is 6.70. The van der Waals surface area contributed by atoms with E-state index in [0.717, 1.165) is 65.2 Å². The monoisotopic (exact) mass is 475 g/mol. The Labute approximate surface area is 204 Å². The Kier molecular flexibility index (Phi) is 6.08. The largest absolute Gasteiger partial charge is 0.492 e. The van der Waals surface area contributed by atoms with Gasteiger partial charge in [-0.05, 0) is 50.8 Å². The topological polar surface area (TPSA) is 100 Å². The van der Waals surface area contributed by atoms with E-state index in [1.807, 2.05) is 29.9 Å². The number of fused-ring (bicyclic) bond motifs is 3. The predicted octanol–water partition coefficient (Wildman–Crippen LogP) is 4.19. The standard InChI is InChI=1S/C26H33N7O2/c1-5-35-19-13-20(24-21-15-28-30-25(21)31-33(24)16-19)18-6-7-22(27-14-18)32-10-8-26(4,9-11-32)29-23(34)12-17(2)3/h6-7,13-17H,5,8-12H2,1-4H3,(H,29,34)(H,30,31). The number of pyridine rings is 2. The molecule has 5 rings (SSSR count). The van der Waals surface area contributed by atoms with E-state index < -0.39 is 0 Å². The molecule has 1 aliphatic rings. The van der Waals surface area contributed by atoms with Gasteiger partial charge in [0.1, 0.15) is 11.6 Å². The summed E-state index contributed by atoms with van der Waals surface area (Å²) < 4.78 is 7.63. The van der Waals surface area contributed by atoms with Gasteiger partial charge in [-0.15, -0.1) is 5.10 Å². The number of aromatic amines is 1. The molecule has 5 heterocycles. The number of H-pyrrole nitrogens is 1. The van der Waals surface area contributed by atoms with Crippen molar-refractivity contribution in [3.63, 3.8) is 0 Å². The van der Waals surface area contributed by atoms with Crippen LogP contribution in [0.25, 0.3) is 27.7 Å². The van der Waals surface area contributed by atoms with E-state index in [0.29, 0.717) is 18.9 Å². The molecular weight excluding hydrogens is 442 g/mol. The summed E-state index contributed by atoms with van der Waals surface area (Å²) in [6, 6.07) is 6.21. The van der Waals surface area contributed by atoms with E-state index in [-0.39, 0.29) is 11.4 Å². The molecule has 1 saturated heterocycles. The molecule has 0 spiro atoms. The Morgan fingerprint density at radius 2 is 2.06 bits per heavy atom. The number of piperidine rings is 1. The van der Waals surface area contributed by atoms with Gasteiger partial charge in [-0.2, -0.15) is 5.10 Å². The molecule has 0 aliphatic carbocycles. The third kappa shape index (κ3) is 4.67.